The highest BCUT2D eigenvalue weighted by Gasteiger charge is 2.14. The molecule has 0 aromatic heterocycles. The molecule has 72 valence electrons. The van der Waals surface area contributed by atoms with Crippen molar-refractivity contribution >= 4 is 11.9 Å². The van der Waals surface area contributed by atoms with Crippen LogP contribution >= 0.6 is 0 Å². The van der Waals surface area contributed by atoms with E-state index < -0.39 is 11.9 Å². The van der Waals surface area contributed by atoms with E-state index in [9.17, 15) is 9.59 Å². The molecular weight excluding hydrogens is 172 g/mol. The first kappa shape index (κ1) is 11.4. The van der Waals surface area contributed by atoms with Gasteiger partial charge in [-0.2, -0.15) is 0 Å². The van der Waals surface area contributed by atoms with Crippen molar-refractivity contribution in [2.75, 3.05) is 7.11 Å². The zero-order chi connectivity index (χ0) is 10.4. The molecular formula is C9H12O4. The molecule has 0 saturated carbocycles. The summed E-state index contributed by atoms with van der Waals surface area (Å²) in [6, 6.07) is 0. The van der Waals surface area contributed by atoms with Crippen molar-refractivity contribution in [2.45, 2.75) is 13.8 Å². The maximum atomic E-state index is 11.0. The first-order valence-corrected chi connectivity index (χ1v) is 3.65. The summed E-state index contributed by atoms with van der Waals surface area (Å²) in [7, 11) is 1.21. The fourth-order valence-electron chi connectivity index (χ4n) is 0.506. The lowest BCUT2D eigenvalue weighted by molar-refractivity contribution is -0.147. The minimum Gasteiger partial charge on any atom is -0.463 e. The van der Waals surface area contributed by atoms with Gasteiger partial charge in [0, 0.05) is 5.57 Å². The molecule has 0 atom stereocenters. The minimum atomic E-state index is -0.683. The van der Waals surface area contributed by atoms with Gasteiger partial charge in [0.05, 0.1) is 7.11 Å². The summed E-state index contributed by atoms with van der Waals surface area (Å²) < 4.78 is 9.03. The molecule has 0 N–H and O–H groups in total. The van der Waals surface area contributed by atoms with Gasteiger partial charge in [-0.05, 0) is 19.9 Å². The summed E-state index contributed by atoms with van der Waals surface area (Å²) in [5.74, 6) is -1.45. The Kier molecular flexibility index (Phi) is 4.51. The van der Waals surface area contributed by atoms with Crippen LogP contribution in [0, 0.1) is 0 Å². The zero-order valence-electron chi connectivity index (χ0n) is 7.92. The number of hydrogen-bond donors (Lipinski definition) is 0. The van der Waals surface area contributed by atoms with E-state index in [0.29, 0.717) is 0 Å². The highest BCUT2D eigenvalue weighted by Crippen LogP contribution is 2.03. The second kappa shape index (κ2) is 5.13. The van der Waals surface area contributed by atoms with E-state index in [1.54, 1.807) is 6.92 Å². The van der Waals surface area contributed by atoms with Crippen LogP contribution in [0.15, 0.2) is 24.0 Å². The molecule has 0 aliphatic rings. The monoisotopic (exact) mass is 184 g/mol. The Morgan fingerprint density at radius 1 is 1.31 bits per heavy atom. The van der Waals surface area contributed by atoms with Crippen molar-refractivity contribution in [2.24, 2.45) is 0 Å². The number of carbonyl (C=O) groups excluding carboxylic acids is 2. The molecule has 0 rings (SSSR count). The summed E-state index contributed by atoms with van der Waals surface area (Å²) in [6.45, 7) is 6.43. The number of esters is 2. The average Bonchev–Trinajstić information content (AvgIpc) is 2.12. The second-order valence-electron chi connectivity index (χ2n) is 2.31. The molecule has 0 heterocycles. The van der Waals surface area contributed by atoms with E-state index in [2.05, 4.69) is 16.1 Å². The van der Waals surface area contributed by atoms with Crippen LogP contribution in [-0.4, -0.2) is 19.0 Å². The molecule has 4 nitrogen and oxygen atoms in total. The Hall–Kier alpha value is -1.58. The van der Waals surface area contributed by atoms with E-state index in [1.807, 2.05) is 0 Å². The third-order valence-corrected chi connectivity index (χ3v) is 1.20. The number of ether oxygens (including phenoxy) is 2. The smallest absolute Gasteiger partial charge is 0.373 e. The number of hydrogen-bond acceptors (Lipinski definition) is 4. The number of allylic oxidation sites excluding steroid dienone is 1. The van der Waals surface area contributed by atoms with Crippen molar-refractivity contribution in [3.8, 4) is 0 Å². The number of carbonyl (C=O) groups is 2. The normalized spacial score (nSPS) is 10.5. The van der Waals surface area contributed by atoms with E-state index in [0.717, 1.165) is 0 Å². The van der Waals surface area contributed by atoms with Gasteiger partial charge in [0.1, 0.15) is 0 Å². The lowest BCUT2D eigenvalue weighted by Crippen LogP contribution is -2.13. The third kappa shape index (κ3) is 3.55. The predicted octanol–water partition coefficient (Wildman–Crippen LogP) is 1.18. The van der Waals surface area contributed by atoms with Crippen molar-refractivity contribution in [3.05, 3.63) is 24.0 Å². The van der Waals surface area contributed by atoms with Crippen LogP contribution in [0.3, 0.4) is 0 Å². The lowest BCUT2D eigenvalue weighted by Gasteiger charge is -2.05. The van der Waals surface area contributed by atoms with Gasteiger partial charge in [-0.25, -0.2) is 9.59 Å². The van der Waals surface area contributed by atoms with Crippen LogP contribution in [0.4, 0.5) is 0 Å². The Bertz CT molecular complexity index is 263. The van der Waals surface area contributed by atoms with Gasteiger partial charge in [0.15, 0.2) is 0 Å². The van der Waals surface area contributed by atoms with Crippen LogP contribution < -0.4 is 0 Å². The molecule has 0 fully saturated rings. The maximum Gasteiger partial charge on any atom is 0.373 e. The van der Waals surface area contributed by atoms with E-state index in [-0.39, 0.29) is 11.3 Å². The van der Waals surface area contributed by atoms with Crippen LogP contribution in [-0.2, 0) is 19.1 Å². The SMILES string of the molecule is C=C(C)C(=O)O/C(=C/C)C(=O)OC. The highest BCUT2D eigenvalue weighted by atomic mass is 16.6. The van der Waals surface area contributed by atoms with E-state index in [1.165, 1.54) is 20.1 Å². The van der Waals surface area contributed by atoms with Crippen molar-refractivity contribution in [3.63, 3.8) is 0 Å². The summed E-state index contributed by atoms with van der Waals surface area (Å²) in [6.07, 6.45) is 1.35. The minimum absolute atomic E-state index is 0.129. The zero-order valence-corrected chi connectivity index (χ0v) is 7.92. The first-order valence-electron chi connectivity index (χ1n) is 3.65. The molecule has 13 heavy (non-hydrogen) atoms. The molecule has 0 unspecified atom stereocenters. The predicted molar refractivity (Wildman–Crippen MR) is 46.7 cm³/mol. The molecule has 0 saturated heterocycles. The molecule has 0 aromatic carbocycles. The number of rotatable bonds is 3. The standard InChI is InChI=1S/C9H12O4/c1-5-7(9(11)12-4)13-8(10)6(2)3/h5H,2H2,1,3-4H3/b7-5+. The summed E-state index contributed by atoms with van der Waals surface area (Å²) >= 11 is 0. The van der Waals surface area contributed by atoms with Gasteiger partial charge in [-0.1, -0.05) is 6.58 Å². The highest BCUT2D eigenvalue weighted by molar-refractivity contribution is 5.94. The molecule has 4 heteroatoms. The summed E-state index contributed by atoms with van der Waals surface area (Å²) in [5, 5.41) is 0. The quantitative estimate of drug-likeness (QED) is 0.375. The Balaban J connectivity index is 4.41. The molecule has 0 spiro atoms. The largest absolute Gasteiger partial charge is 0.463 e. The Morgan fingerprint density at radius 3 is 2.15 bits per heavy atom. The molecule has 0 aliphatic heterocycles. The molecule has 0 radical (unpaired) electrons. The Labute approximate surface area is 76.8 Å². The fraction of sp³-hybridized carbons (Fsp3) is 0.333. The van der Waals surface area contributed by atoms with Gasteiger partial charge < -0.3 is 9.47 Å². The molecule has 0 bridgehead atoms. The van der Waals surface area contributed by atoms with Crippen LogP contribution in [0.2, 0.25) is 0 Å². The van der Waals surface area contributed by atoms with Gasteiger partial charge in [0.25, 0.3) is 0 Å². The summed E-state index contributed by atoms with van der Waals surface area (Å²) in [5.41, 5.74) is 0.225. The van der Waals surface area contributed by atoms with Gasteiger partial charge in [-0.15, -0.1) is 0 Å². The molecule has 0 aromatic rings. The van der Waals surface area contributed by atoms with Crippen LogP contribution in [0.25, 0.3) is 0 Å². The number of methoxy groups -OCH3 is 1. The van der Waals surface area contributed by atoms with Crippen molar-refractivity contribution < 1.29 is 19.1 Å². The summed E-state index contributed by atoms with van der Waals surface area (Å²) in [4.78, 5) is 21.9. The van der Waals surface area contributed by atoms with Crippen molar-refractivity contribution in [1.82, 2.24) is 0 Å². The average molecular weight is 184 g/mol. The van der Waals surface area contributed by atoms with Crippen LogP contribution in [0.5, 0.6) is 0 Å². The second-order valence-corrected chi connectivity index (χ2v) is 2.31. The van der Waals surface area contributed by atoms with Gasteiger partial charge >= 0.3 is 11.9 Å². The Morgan fingerprint density at radius 2 is 1.85 bits per heavy atom. The van der Waals surface area contributed by atoms with Gasteiger partial charge in [0.2, 0.25) is 5.76 Å². The third-order valence-electron chi connectivity index (χ3n) is 1.20. The lowest BCUT2D eigenvalue weighted by atomic mass is 10.3. The van der Waals surface area contributed by atoms with Gasteiger partial charge in [-0.3, -0.25) is 0 Å². The topological polar surface area (TPSA) is 52.6 Å². The van der Waals surface area contributed by atoms with Crippen LogP contribution in [0.1, 0.15) is 13.8 Å². The maximum absolute atomic E-state index is 11.0. The van der Waals surface area contributed by atoms with E-state index in [4.69, 9.17) is 0 Å². The first-order chi connectivity index (χ1) is 6.02. The fourth-order valence-corrected chi connectivity index (χ4v) is 0.506. The molecule has 0 amide bonds. The molecule has 0 aliphatic carbocycles. The van der Waals surface area contributed by atoms with Crippen molar-refractivity contribution in [1.29, 1.82) is 0 Å². The van der Waals surface area contributed by atoms with E-state index >= 15 is 0 Å².